The number of rotatable bonds is 5. The van der Waals surface area contributed by atoms with Crippen LogP contribution in [0.3, 0.4) is 0 Å². The zero-order chi connectivity index (χ0) is 21.7. The minimum atomic E-state index is -0.948. The molecule has 1 aliphatic rings. The highest BCUT2D eigenvalue weighted by atomic mass is 79.9. The van der Waals surface area contributed by atoms with Crippen LogP contribution in [0.4, 0.5) is 5.69 Å². The van der Waals surface area contributed by atoms with E-state index in [0.29, 0.717) is 5.69 Å². The molecule has 0 radical (unpaired) electrons. The van der Waals surface area contributed by atoms with Gasteiger partial charge < -0.3 is 10.6 Å². The second kappa shape index (κ2) is 9.61. The molecule has 7 nitrogen and oxygen atoms in total. The number of nitrogens with zero attached hydrogens (tertiary/aromatic N) is 2. The van der Waals surface area contributed by atoms with Gasteiger partial charge in [-0.25, -0.2) is 0 Å². The molecule has 0 spiro atoms. The lowest BCUT2D eigenvalue weighted by molar-refractivity contribution is -0.124. The Bertz CT molecular complexity index is 1050. The van der Waals surface area contributed by atoms with Crippen LogP contribution in [-0.4, -0.2) is 30.1 Å². The summed E-state index contributed by atoms with van der Waals surface area (Å²) in [6.45, 7) is 0. The first kappa shape index (κ1) is 21.6. The molecule has 152 valence electrons. The molecular formula is C21H17BrN4O3S. The van der Waals surface area contributed by atoms with Crippen LogP contribution in [-0.2, 0) is 20.8 Å². The molecule has 1 fully saturated rings. The van der Waals surface area contributed by atoms with Gasteiger partial charge in [0.25, 0.3) is 11.8 Å². The van der Waals surface area contributed by atoms with Gasteiger partial charge in [0.2, 0.25) is 5.91 Å². The summed E-state index contributed by atoms with van der Waals surface area (Å²) in [6.07, 6.45) is 0.0998. The van der Waals surface area contributed by atoms with E-state index in [1.165, 1.54) is 11.9 Å². The van der Waals surface area contributed by atoms with Gasteiger partial charge >= 0.3 is 0 Å². The highest BCUT2D eigenvalue weighted by molar-refractivity contribution is 9.10. The zero-order valence-corrected chi connectivity index (χ0v) is 18.3. The Hall–Kier alpha value is -3.09. The van der Waals surface area contributed by atoms with E-state index in [0.717, 1.165) is 21.8 Å². The zero-order valence-electron chi connectivity index (χ0n) is 15.9. The van der Waals surface area contributed by atoms with E-state index in [9.17, 15) is 19.6 Å². The number of thioether (sulfide) groups is 1. The van der Waals surface area contributed by atoms with Crippen LogP contribution in [0.2, 0.25) is 0 Å². The molecule has 1 aliphatic heterocycles. The third-order valence-electron chi connectivity index (χ3n) is 4.24. The van der Waals surface area contributed by atoms with Gasteiger partial charge in [-0.15, -0.1) is 0 Å². The third kappa shape index (κ3) is 4.72. The fraction of sp³-hybridized carbons (Fsp3) is 0.143. The first-order chi connectivity index (χ1) is 14.4. The fourth-order valence-electron chi connectivity index (χ4n) is 2.82. The van der Waals surface area contributed by atoms with E-state index >= 15 is 0 Å². The van der Waals surface area contributed by atoms with Gasteiger partial charge in [0.15, 0.2) is 5.37 Å². The fourth-order valence-corrected chi connectivity index (χ4v) is 4.26. The standard InChI is InChI=1S/C21H17BrN4O3S/c1-24-18(28)16(12-23)21-26(15-5-3-2-4-6-15)20(29)19(30-21)25-17(27)11-13-7-9-14(22)10-8-13/h2-10,19H,11H2,1H3,(H,24,28)(H,25,27). The number of benzene rings is 2. The summed E-state index contributed by atoms with van der Waals surface area (Å²) in [5.74, 6) is -1.37. The molecular weight excluding hydrogens is 468 g/mol. The summed E-state index contributed by atoms with van der Waals surface area (Å²) in [5.41, 5.74) is 1.11. The van der Waals surface area contributed by atoms with E-state index in [4.69, 9.17) is 0 Å². The maximum atomic E-state index is 13.1. The van der Waals surface area contributed by atoms with E-state index < -0.39 is 17.2 Å². The average molecular weight is 485 g/mol. The van der Waals surface area contributed by atoms with Gasteiger partial charge in [-0.3, -0.25) is 19.3 Å². The third-order valence-corrected chi connectivity index (χ3v) is 5.94. The first-order valence-electron chi connectivity index (χ1n) is 8.90. The molecule has 0 saturated carbocycles. The van der Waals surface area contributed by atoms with Crippen molar-refractivity contribution in [3.8, 4) is 6.07 Å². The Balaban J connectivity index is 1.88. The van der Waals surface area contributed by atoms with Crippen LogP contribution in [0.25, 0.3) is 0 Å². The molecule has 0 aromatic heterocycles. The number of amides is 3. The van der Waals surface area contributed by atoms with Crippen molar-refractivity contribution in [1.82, 2.24) is 10.6 Å². The van der Waals surface area contributed by atoms with Crippen molar-refractivity contribution >= 4 is 51.1 Å². The van der Waals surface area contributed by atoms with Crippen molar-refractivity contribution in [3.05, 3.63) is 75.2 Å². The number of nitrogens with one attached hydrogen (secondary N) is 2. The number of hydrogen-bond acceptors (Lipinski definition) is 5. The van der Waals surface area contributed by atoms with E-state index in [1.807, 2.05) is 30.3 Å². The summed E-state index contributed by atoms with van der Waals surface area (Å²) >= 11 is 4.32. The number of hydrogen-bond donors (Lipinski definition) is 2. The van der Waals surface area contributed by atoms with Crippen LogP contribution < -0.4 is 15.5 Å². The van der Waals surface area contributed by atoms with Crippen molar-refractivity contribution in [2.45, 2.75) is 11.8 Å². The van der Waals surface area contributed by atoms with Crippen LogP contribution in [0.5, 0.6) is 0 Å². The van der Waals surface area contributed by atoms with Crippen LogP contribution >= 0.6 is 27.7 Å². The molecule has 0 bridgehead atoms. The topological polar surface area (TPSA) is 102 Å². The molecule has 9 heteroatoms. The van der Waals surface area contributed by atoms with Crippen LogP contribution in [0, 0.1) is 11.3 Å². The maximum Gasteiger partial charge on any atom is 0.265 e. The van der Waals surface area contributed by atoms with Gasteiger partial charge in [-0.05, 0) is 29.8 Å². The summed E-state index contributed by atoms with van der Waals surface area (Å²) in [6, 6.07) is 17.8. The SMILES string of the molecule is CNC(=O)C(C#N)=C1SC(NC(=O)Cc2ccc(Br)cc2)C(=O)N1c1ccccc1. The molecule has 3 rings (SSSR count). The summed E-state index contributed by atoms with van der Waals surface area (Å²) in [5, 5.41) is 13.9. The molecule has 2 aromatic rings. The van der Waals surface area contributed by atoms with Crippen LogP contribution in [0.1, 0.15) is 5.56 Å². The lowest BCUT2D eigenvalue weighted by Gasteiger charge is -2.18. The number of anilines is 1. The Kier molecular flexibility index (Phi) is 6.92. The molecule has 2 aromatic carbocycles. The number of carbonyl (C=O) groups excluding carboxylic acids is 3. The highest BCUT2D eigenvalue weighted by Crippen LogP contribution is 2.39. The highest BCUT2D eigenvalue weighted by Gasteiger charge is 2.41. The predicted octanol–water partition coefficient (Wildman–Crippen LogP) is 2.70. The lowest BCUT2D eigenvalue weighted by atomic mass is 10.1. The van der Waals surface area contributed by atoms with Gasteiger partial charge in [-0.1, -0.05) is 58.0 Å². The number of nitriles is 1. The van der Waals surface area contributed by atoms with Crippen molar-refractivity contribution < 1.29 is 14.4 Å². The van der Waals surface area contributed by atoms with Crippen LogP contribution in [0.15, 0.2) is 69.7 Å². The van der Waals surface area contributed by atoms with Gasteiger partial charge in [0, 0.05) is 17.2 Å². The Morgan fingerprint density at radius 2 is 1.83 bits per heavy atom. The Morgan fingerprint density at radius 1 is 1.17 bits per heavy atom. The van der Waals surface area contributed by atoms with Gasteiger partial charge in [0.05, 0.1) is 6.42 Å². The van der Waals surface area contributed by atoms with E-state index in [2.05, 4.69) is 26.6 Å². The largest absolute Gasteiger partial charge is 0.354 e. The molecule has 1 saturated heterocycles. The quantitative estimate of drug-likeness (QED) is 0.501. The second-order valence-corrected chi connectivity index (χ2v) is 8.26. The van der Waals surface area contributed by atoms with Gasteiger partial charge in [0.1, 0.15) is 16.7 Å². The summed E-state index contributed by atoms with van der Waals surface area (Å²) < 4.78 is 0.902. The lowest BCUT2D eigenvalue weighted by Crippen LogP contribution is -2.41. The summed E-state index contributed by atoms with van der Waals surface area (Å²) in [4.78, 5) is 39.1. The number of likely N-dealkylation sites (N-methyl/N-ethyl adjacent to an activating group) is 1. The average Bonchev–Trinajstić information content (AvgIpc) is 3.06. The smallest absolute Gasteiger partial charge is 0.265 e. The monoisotopic (exact) mass is 484 g/mol. The molecule has 1 unspecified atom stereocenters. The van der Waals surface area contributed by atoms with Crippen molar-refractivity contribution in [3.63, 3.8) is 0 Å². The Labute approximate surface area is 186 Å². The summed E-state index contributed by atoms with van der Waals surface area (Å²) in [7, 11) is 1.41. The van der Waals surface area contributed by atoms with Gasteiger partial charge in [-0.2, -0.15) is 5.26 Å². The van der Waals surface area contributed by atoms with E-state index in [-0.39, 0.29) is 22.9 Å². The predicted molar refractivity (Wildman–Crippen MR) is 118 cm³/mol. The molecule has 1 heterocycles. The first-order valence-corrected chi connectivity index (χ1v) is 10.6. The molecule has 0 aliphatic carbocycles. The number of halogens is 1. The number of carbonyl (C=O) groups is 3. The van der Waals surface area contributed by atoms with E-state index in [1.54, 1.807) is 30.3 Å². The number of para-hydroxylation sites is 1. The van der Waals surface area contributed by atoms with Crippen molar-refractivity contribution in [2.75, 3.05) is 11.9 Å². The maximum absolute atomic E-state index is 13.1. The molecule has 1 atom stereocenters. The minimum absolute atomic E-state index is 0.0998. The normalized spacial score (nSPS) is 17.3. The van der Waals surface area contributed by atoms with Crippen molar-refractivity contribution in [1.29, 1.82) is 5.26 Å². The Morgan fingerprint density at radius 3 is 2.43 bits per heavy atom. The molecule has 3 amide bonds. The molecule has 2 N–H and O–H groups in total. The minimum Gasteiger partial charge on any atom is -0.354 e. The molecule has 30 heavy (non-hydrogen) atoms. The van der Waals surface area contributed by atoms with Crippen molar-refractivity contribution in [2.24, 2.45) is 0 Å². The second-order valence-electron chi connectivity index (χ2n) is 6.25.